The van der Waals surface area contributed by atoms with E-state index in [1.54, 1.807) is 9.13 Å². The standard InChI is InChI=1S/C57H68Cl2N8O7/c1-56(2,3)73-54(71)66-45-13-7-35(33-64-19-15-62(16-20-64)23-25-68)27-37(45)29-47(66)39-9-11-43(58)41-31-60-51(49(39)41)53(70)52-50-40(10-12-44(59)42(50)32-61-52)48-30-38-28-36(34-65-21-17-63(18-22-65)24-26-69)8-14-46(38)67(48)55(72)74-57(4,5)6/h7-14,27-30,51-52,60-61,68-69H,15-26,31-34H2,1-6H3. The summed E-state index contributed by atoms with van der Waals surface area (Å²) < 4.78 is 15.4. The minimum atomic E-state index is -0.857. The van der Waals surface area contributed by atoms with Crippen LogP contribution < -0.4 is 10.6 Å². The molecule has 2 fully saturated rings. The lowest BCUT2D eigenvalue weighted by Gasteiger charge is -2.34. The highest BCUT2D eigenvalue weighted by Gasteiger charge is 2.42. The smallest absolute Gasteiger partial charge is 0.419 e. The van der Waals surface area contributed by atoms with Crippen molar-refractivity contribution in [2.75, 3.05) is 78.7 Å². The second-order valence-electron chi connectivity index (χ2n) is 22.2. The number of carbonyl (C=O) groups excluding carboxylic acids is 3. The Bertz CT molecular complexity index is 2920. The summed E-state index contributed by atoms with van der Waals surface area (Å²) in [4.78, 5) is 53.9. The Morgan fingerprint density at radius 3 is 1.30 bits per heavy atom. The van der Waals surface area contributed by atoms with Crippen molar-refractivity contribution < 1.29 is 34.1 Å². The molecule has 10 rings (SSSR count). The quantitative estimate of drug-likeness (QED) is 0.0926. The molecule has 4 N–H and O–H groups in total. The summed E-state index contributed by atoms with van der Waals surface area (Å²) in [6.45, 7) is 21.9. The van der Waals surface area contributed by atoms with Crippen molar-refractivity contribution in [3.63, 3.8) is 0 Å². The van der Waals surface area contributed by atoms with E-state index < -0.39 is 35.5 Å². The number of rotatable bonds is 12. The number of piperazine rings is 2. The van der Waals surface area contributed by atoms with Crippen molar-refractivity contribution in [1.29, 1.82) is 0 Å². The number of benzene rings is 4. The number of halogens is 2. The van der Waals surface area contributed by atoms with Crippen LogP contribution in [0.1, 0.15) is 87.0 Å². The van der Waals surface area contributed by atoms with Crippen molar-refractivity contribution in [1.82, 2.24) is 39.4 Å². The maximum atomic E-state index is 15.7. The topological polar surface area (TPSA) is 157 Å². The van der Waals surface area contributed by atoms with Crippen molar-refractivity contribution in [2.45, 2.75) is 91.0 Å². The third-order valence-electron chi connectivity index (χ3n) is 14.7. The predicted octanol–water partition coefficient (Wildman–Crippen LogP) is 8.58. The first-order valence-corrected chi connectivity index (χ1v) is 26.6. The minimum Gasteiger partial charge on any atom is -0.443 e. The molecular weight excluding hydrogens is 980 g/mol. The molecule has 0 amide bonds. The van der Waals surface area contributed by atoms with Gasteiger partial charge in [0.25, 0.3) is 0 Å². The molecule has 6 aromatic rings. The summed E-state index contributed by atoms with van der Waals surface area (Å²) in [7, 11) is 0. The molecule has 0 spiro atoms. The molecule has 4 aromatic carbocycles. The largest absolute Gasteiger partial charge is 0.443 e. The van der Waals surface area contributed by atoms with Crippen molar-refractivity contribution in [3.8, 4) is 22.5 Å². The molecule has 2 unspecified atom stereocenters. The summed E-state index contributed by atoms with van der Waals surface area (Å²) >= 11 is 14.1. The number of ketones is 1. The Hall–Kier alpha value is -5.17. The highest BCUT2D eigenvalue weighted by molar-refractivity contribution is 6.32. The van der Waals surface area contributed by atoms with Crippen LogP contribution in [-0.4, -0.2) is 147 Å². The number of carbonyl (C=O) groups is 3. The van der Waals surface area contributed by atoms with Gasteiger partial charge in [0.05, 0.1) is 47.7 Å². The van der Waals surface area contributed by atoms with Gasteiger partial charge in [-0.1, -0.05) is 47.5 Å². The maximum absolute atomic E-state index is 15.7. The first-order valence-electron chi connectivity index (χ1n) is 25.9. The second-order valence-corrected chi connectivity index (χ2v) is 23.0. The molecule has 392 valence electrons. The SMILES string of the molecule is CC(C)(C)OC(=O)n1c(-c2ccc(Cl)c3c2C(C(=O)C2NCc4c(Cl)ccc(-c5cc6cc(CN7CCN(CCO)CC7)ccc6n5C(=O)OC(C)(C)C)c42)NC3)cc2cc(CN3CCN(CCO)CC3)ccc21. The Balaban J connectivity index is 1.02. The lowest BCUT2D eigenvalue weighted by Crippen LogP contribution is -2.46. The zero-order chi connectivity index (χ0) is 52.2. The van der Waals surface area contributed by atoms with Crippen LogP contribution in [0.5, 0.6) is 0 Å². The number of hydrogen-bond acceptors (Lipinski definition) is 13. The van der Waals surface area contributed by atoms with Crippen LogP contribution in [0.2, 0.25) is 10.0 Å². The predicted molar refractivity (Wildman–Crippen MR) is 290 cm³/mol. The van der Waals surface area contributed by atoms with E-state index in [-0.39, 0.29) is 19.0 Å². The van der Waals surface area contributed by atoms with Gasteiger partial charge in [0, 0.05) is 124 Å². The van der Waals surface area contributed by atoms with Crippen LogP contribution in [0, 0.1) is 0 Å². The fourth-order valence-corrected chi connectivity index (χ4v) is 11.7. The van der Waals surface area contributed by atoms with Crippen molar-refractivity contribution >= 4 is 63.0 Å². The van der Waals surface area contributed by atoms with Crippen LogP contribution in [0.25, 0.3) is 44.3 Å². The van der Waals surface area contributed by atoms with E-state index in [1.807, 2.05) is 90.1 Å². The number of fused-ring (bicyclic) bond motifs is 4. The van der Waals surface area contributed by atoms with Crippen molar-refractivity contribution in [2.24, 2.45) is 0 Å². The van der Waals surface area contributed by atoms with Gasteiger partial charge in [-0.2, -0.15) is 0 Å². The number of aliphatic hydroxyl groups is 2. The van der Waals surface area contributed by atoms with Crippen molar-refractivity contribution in [3.05, 3.63) is 116 Å². The number of nitrogens with one attached hydrogen (secondary N) is 2. The minimum absolute atomic E-state index is 0.149. The first-order chi connectivity index (χ1) is 35.4. The van der Waals surface area contributed by atoms with Gasteiger partial charge in [-0.25, -0.2) is 18.7 Å². The summed E-state index contributed by atoms with van der Waals surface area (Å²) in [5.74, 6) is -0.169. The number of hydrogen-bond donors (Lipinski definition) is 4. The number of aromatic nitrogens is 2. The van der Waals surface area contributed by atoms with Gasteiger partial charge in [0.15, 0.2) is 5.78 Å². The van der Waals surface area contributed by atoms with E-state index in [4.69, 9.17) is 32.7 Å². The molecule has 74 heavy (non-hydrogen) atoms. The Labute approximate surface area is 442 Å². The summed E-state index contributed by atoms with van der Waals surface area (Å²) in [6, 6.07) is 22.0. The van der Waals surface area contributed by atoms with Gasteiger partial charge in [-0.05, 0) is 123 Å². The monoisotopic (exact) mass is 1050 g/mol. The molecule has 0 radical (unpaired) electrons. The molecule has 4 aliphatic heterocycles. The molecule has 6 heterocycles. The number of β-amino-alcohol motifs (C(OH)–C–C–N with tert-alkyl or cyclic N) is 2. The zero-order valence-electron chi connectivity index (χ0n) is 43.3. The summed E-state index contributed by atoms with van der Waals surface area (Å²) in [5.41, 5.74) is 7.38. The van der Waals surface area contributed by atoms with E-state index >= 15 is 4.79 Å². The Morgan fingerprint density at radius 2 is 0.932 bits per heavy atom. The van der Waals surface area contributed by atoms with Gasteiger partial charge in [0.1, 0.15) is 11.2 Å². The van der Waals surface area contributed by atoms with E-state index in [2.05, 4.69) is 54.5 Å². The highest BCUT2D eigenvalue weighted by atomic mass is 35.5. The van der Waals surface area contributed by atoms with Gasteiger partial charge < -0.3 is 19.7 Å². The molecule has 15 nitrogen and oxygen atoms in total. The molecular formula is C57H68Cl2N8O7. The normalized spacial score (nSPS) is 19.1. The number of Topliss-reactive ketones (excluding diaryl/α,β-unsaturated/α-hetero) is 1. The lowest BCUT2D eigenvalue weighted by atomic mass is 9.87. The molecule has 4 aliphatic rings. The third kappa shape index (κ3) is 10.7. The molecule has 0 bridgehead atoms. The maximum Gasteiger partial charge on any atom is 0.419 e. The molecule has 0 saturated carbocycles. The Morgan fingerprint density at radius 1 is 0.554 bits per heavy atom. The number of ether oxygens (including phenoxy) is 2. The van der Waals surface area contributed by atoms with Crippen LogP contribution in [0.15, 0.2) is 72.8 Å². The fraction of sp³-hybridized carbons (Fsp3) is 0.456. The van der Waals surface area contributed by atoms with Crippen LogP contribution in [0.4, 0.5) is 9.59 Å². The van der Waals surface area contributed by atoms with Gasteiger partial charge in [0.2, 0.25) is 0 Å². The second kappa shape index (κ2) is 21.1. The average Bonchev–Trinajstić information content (AvgIpc) is 4.17. The first kappa shape index (κ1) is 52.3. The fourth-order valence-electron chi connectivity index (χ4n) is 11.3. The molecule has 2 aromatic heterocycles. The van der Waals surface area contributed by atoms with Gasteiger partial charge in [-0.15, -0.1) is 0 Å². The summed E-state index contributed by atoms with van der Waals surface area (Å²) in [5, 5.41) is 28.7. The average molecular weight is 1050 g/mol. The molecule has 0 aliphatic carbocycles. The van der Waals surface area contributed by atoms with E-state index in [0.29, 0.717) is 80.9 Å². The van der Waals surface area contributed by atoms with Crippen LogP contribution >= 0.6 is 23.2 Å². The highest BCUT2D eigenvalue weighted by Crippen LogP contribution is 2.47. The van der Waals surface area contributed by atoms with E-state index in [1.165, 1.54) is 0 Å². The van der Waals surface area contributed by atoms with Crippen LogP contribution in [0.3, 0.4) is 0 Å². The summed E-state index contributed by atoms with van der Waals surface area (Å²) in [6.07, 6.45) is -1.08. The Kier molecular flexibility index (Phi) is 14.9. The van der Waals surface area contributed by atoms with E-state index in [0.717, 1.165) is 98.5 Å². The van der Waals surface area contributed by atoms with Crippen LogP contribution in [-0.2, 0) is 40.4 Å². The molecule has 2 saturated heterocycles. The third-order valence-corrected chi connectivity index (χ3v) is 15.4. The van der Waals surface area contributed by atoms with Gasteiger partial charge in [-0.3, -0.25) is 35.0 Å². The van der Waals surface area contributed by atoms with E-state index in [9.17, 15) is 19.8 Å². The number of aliphatic hydroxyl groups excluding tert-OH is 2. The molecule has 2 atom stereocenters. The van der Waals surface area contributed by atoms with Gasteiger partial charge >= 0.3 is 12.2 Å². The zero-order valence-corrected chi connectivity index (χ0v) is 44.8. The molecule has 17 heteroatoms. The lowest BCUT2D eigenvalue weighted by molar-refractivity contribution is -0.123. The number of nitrogens with zero attached hydrogens (tertiary/aromatic N) is 6.